The second-order valence-electron chi connectivity index (χ2n) is 4.56. The van der Waals surface area contributed by atoms with Gasteiger partial charge < -0.3 is 9.84 Å². The summed E-state index contributed by atoms with van der Waals surface area (Å²) in [6.45, 7) is 5.47. The lowest BCUT2D eigenvalue weighted by molar-refractivity contribution is -0.158. The van der Waals surface area contributed by atoms with Gasteiger partial charge in [0.25, 0.3) is 0 Å². The van der Waals surface area contributed by atoms with Crippen LogP contribution >= 0.6 is 0 Å². The number of hydrogen-bond donors (Lipinski definition) is 1. The maximum absolute atomic E-state index is 11.2. The molecule has 0 aromatic rings. The highest BCUT2D eigenvalue weighted by Gasteiger charge is 2.56. The maximum Gasteiger partial charge on any atom is 0.330 e. The third-order valence-corrected chi connectivity index (χ3v) is 3.73. The topological polar surface area (TPSA) is 46.5 Å². The van der Waals surface area contributed by atoms with Crippen molar-refractivity contribution < 1.29 is 14.6 Å². The molecule has 1 N–H and O–H groups in total. The molecular formula is C11H16O3. The zero-order valence-electron chi connectivity index (χ0n) is 8.40. The lowest BCUT2D eigenvalue weighted by atomic mass is 9.85. The van der Waals surface area contributed by atoms with Crippen molar-refractivity contribution in [1.29, 1.82) is 0 Å². The number of carbonyl (C=O) groups excluding carboxylic acids is 1. The molecule has 0 heterocycles. The fraction of sp³-hybridized carbons (Fsp3) is 0.727. The van der Waals surface area contributed by atoms with E-state index in [1.54, 1.807) is 0 Å². The van der Waals surface area contributed by atoms with Crippen LogP contribution in [0.25, 0.3) is 0 Å². The molecule has 2 aliphatic carbocycles. The third-order valence-electron chi connectivity index (χ3n) is 3.73. The van der Waals surface area contributed by atoms with Crippen LogP contribution < -0.4 is 0 Å². The smallest absolute Gasteiger partial charge is 0.330 e. The predicted molar refractivity (Wildman–Crippen MR) is 51.5 cm³/mol. The summed E-state index contributed by atoms with van der Waals surface area (Å²) in [5, 5.41) is 9.67. The molecule has 0 spiro atoms. The Balaban J connectivity index is 2.14. The van der Waals surface area contributed by atoms with Gasteiger partial charge in [0.1, 0.15) is 5.60 Å². The lowest BCUT2D eigenvalue weighted by Crippen LogP contribution is -2.39. The minimum atomic E-state index is -0.407. The van der Waals surface area contributed by atoms with Crippen molar-refractivity contribution in [2.45, 2.75) is 37.9 Å². The highest BCUT2D eigenvalue weighted by molar-refractivity contribution is 5.81. The Kier molecular flexibility index (Phi) is 2.14. The standard InChI is InChI=1S/C11H16O3/c1-3-10(13)14-11-5-8(4-7(11)2)9(12)6-11/h3,7-9,12H,1,4-6H2,2H3. The number of rotatable bonds is 2. The van der Waals surface area contributed by atoms with Gasteiger partial charge >= 0.3 is 5.97 Å². The third kappa shape index (κ3) is 1.27. The summed E-state index contributed by atoms with van der Waals surface area (Å²) in [4.78, 5) is 11.2. The van der Waals surface area contributed by atoms with E-state index in [9.17, 15) is 9.90 Å². The molecule has 2 saturated carbocycles. The Hall–Kier alpha value is -0.830. The molecule has 78 valence electrons. The zero-order valence-corrected chi connectivity index (χ0v) is 8.40. The van der Waals surface area contributed by atoms with Crippen LogP contribution in [0, 0.1) is 11.8 Å². The van der Waals surface area contributed by atoms with Crippen LogP contribution in [0.4, 0.5) is 0 Å². The molecule has 14 heavy (non-hydrogen) atoms. The Morgan fingerprint density at radius 2 is 2.36 bits per heavy atom. The van der Waals surface area contributed by atoms with E-state index in [1.807, 2.05) is 0 Å². The largest absolute Gasteiger partial charge is 0.456 e. The van der Waals surface area contributed by atoms with Gasteiger partial charge in [0.05, 0.1) is 6.10 Å². The van der Waals surface area contributed by atoms with Crippen molar-refractivity contribution in [2.24, 2.45) is 11.8 Å². The second-order valence-corrected chi connectivity index (χ2v) is 4.56. The van der Waals surface area contributed by atoms with Crippen molar-refractivity contribution in [3.05, 3.63) is 12.7 Å². The average Bonchev–Trinajstić information content (AvgIpc) is 2.58. The number of carbonyl (C=O) groups is 1. The van der Waals surface area contributed by atoms with Gasteiger partial charge in [-0.3, -0.25) is 0 Å². The van der Waals surface area contributed by atoms with Crippen molar-refractivity contribution in [2.75, 3.05) is 0 Å². The van der Waals surface area contributed by atoms with E-state index in [1.165, 1.54) is 6.08 Å². The molecule has 0 amide bonds. The molecule has 3 nitrogen and oxygen atoms in total. The second kappa shape index (κ2) is 3.09. The van der Waals surface area contributed by atoms with E-state index in [4.69, 9.17) is 4.74 Å². The number of ether oxygens (including phenoxy) is 1. The minimum absolute atomic E-state index is 0.288. The molecule has 3 heteroatoms. The first-order chi connectivity index (χ1) is 6.57. The van der Waals surface area contributed by atoms with Gasteiger partial charge in [0.2, 0.25) is 0 Å². The lowest BCUT2D eigenvalue weighted by Gasteiger charge is -2.33. The molecule has 0 aliphatic heterocycles. The number of aliphatic hydroxyl groups is 1. The van der Waals surface area contributed by atoms with Crippen molar-refractivity contribution in [3.63, 3.8) is 0 Å². The van der Waals surface area contributed by atoms with Crippen molar-refractivity contribution >= 4 is 5.97 Å². The molecule has 2 bridgehead atoms. The first-order valence-electron chi connectivity index (χ1n) is 5.11. The minimum Gasteiger partial charge on any atom is -0.456 e. The fourth-order valence-electron chi connectivity index (χ4n) is 2.92. The van der Waals surface area contributed by atoms with Crippen LogP contribution in [0.3, 0.4) is 0 Å². The molecular weight excluding hydrogens is 180 g/mol. The summed E-state index contributed by atoms with van der Waals surface area (Å²) in [7, 11) is 0. The quantitative estimate of drug-likeness (QED) is 0.534. The zero-order chi connectivity index (χ0) is 10.3. The van der Waals surface area contributed by atoms with Gasteiger partial charge in [-0.05, 0) is 24.7 Å². The Labute approximate surface area is 83.8 Å². The van der Waals surface area contributed by atoms with Crippen LogP contribution in [0.5, 0.6) is 0 Å². The summed E-state index contributed by atoms with van der Waals surface area (Å²) in [5.74, 6) is 0.314. The fourth-order valence-corrected chi connectivity index (χ4v) is 2.92. The summed E-state index contributed by atoms with van der Waals surface area (Å²) >= 11 is 0. The highest BCUT2D eigenvalue weighted by atomic mass is 16.6. The van der Waals surface area contributed by atoms with Gasteiger partial charge in [-0.2, -0.15) is 0 Å². The van der Waals surface area contributed by atoms with Gasteiger partial charge in [0.15, 0.2) is 0 Å². The Bertz CT molecular complexity index is 270. The van der Waals surface area contributed by atoms with Crippen LogP contribution in [0.1, 0.15) is 26.2 Å². The van der Waals surface area contributed by atoms with E-state index in [0.29, 0.717) is 18.3 Å². The summed E-state index contributed by atoms with van der Waals surface area (Å²) in [6.07, 6.45) is 3.28. The van der Waals surface area contributed by atoms with E-state index in [0.717, 1.165) is 12.8 Å². The molecule has 0 aromatic heterocycles. The Morgan fingerprint density at radius 3 is 2.86 bits per heavy atom. The summed E-state index contributed by atoms with van der Waals surface area (Å²) in [6, 6.07) is 0. The number of hydrogen-bond acceptors (Lipinski definition) is 3. The molecule has 0 radical (unpaired) electrons. The highest BCUT2D eigenvalue weighted by Crippen LogP contribution is 2.53. The van der Waals surface area contributed by atoms with Gasteiger partial charge in [-0.15, -0.1) is 0 Å². The summed E-state index contributed by atoms with van der Waals surface area (Å²) in [5.41, 5.74) is -0.407. The molecule has 0 saturated heterocycles. The number of esters is 1. The number of aliphatic hydroxyl groups excluding tert-OH is 1. The van der Waals surface area contributed by atoms with Crippen LogP contribution in [0.2, 0.25) is 0 Å². The molecule has 2 rings (SSSR count). The molecule has 0 aromatic carbocycles. The average molecular weight is 196 g/mol. The van der Waals surface area contributed by atoms with Crippen LogP contribution in [-0.4, -0.2) is 22.8 Å². The molecule has 4 unspecified atom stereocenters. The van der Waals surface area contributed by atoms with E-state index in [2.05, 4.69) is 13.5 Å². The SMILES string of the molecule is C=CC(=O)OC12CC(O)C(CC1C)C2. The van der Waals surface area contributed by atoms with Gasteiger partial charge in [0, 0.05) is 12.5 Å². The normalized spacial score (nSPS) is 45.1. The maximum atomic E-state index is 11.2. The van der Waals surface area contributed by atoms with Gasteiger partial charge in [-0.25, -0.2) is 4.79 Å². The van der Waals surface area contributed by atoms with Crippen LogP contribution in [-0.2, 0) is 9.53 Å². The van der Waals surface area contributed by atoms with E-state index < -0.39 is 5.60 Å². The van der Waals surface area contributed by atoms with E-state index in [-0.39, 0.29) is 12.1 Å². The molecule has 2 fully saturated rings. The summed E-state index contributed by atoms with van der Waals surface area (Å²) < 4.78 is 5.40. The first kappa shape index (κ1) is 9.71. The Morgan fingerprint density at radius 1 is 1.64 bits per heavy atom. The van der Waals surface area contributed by atoms with Gasteiger partial charge in [-0.1, -0.05) is 13.5 Å². The first-order valence-corrected chi connectivity index (χ1v) is 5.11. The van der Waals surface area contributed by atoms with Crippen LogP contribution in [0.15, 0.2) is 12.7 Å². The monoisotopic (exact) mass is 196 g/mol. The van der Waals surface area contributed by atoms with E-state index >= 15 is 0 Å². The predicted octanol–water partition coefficient (Wildman–Crippen LogP) is 1.27. The van der Waals surface area contributed by atoms with Crippen molar-refractivity contribution in [3.8, 4) is 0 Å². The number of fused-ring (bicyclic) bond motifs is 2. The molecule has 2 aliphatic rings. The van der Waals surface area contributed by atoms with Crippen molar-refractivity contribution in [1.82, 2.24) is 0 Å². The molecule has 4 atom stereocenters.